The number of hydrogen-bond acceptors (Lipinski definition) is 3. The van der Waals surface area contributed by atoms with Crippen molar-refractivity contribution in [2.75, 3.05) is 42.3 Å². The second kappa shape index (κ2) is 113. The van der Waals surface area contributed by atoms with E-state index < -0.39 is 7.27 Å². The van der Waals surface area contributed by atoms with Crippen LogP contribution in [0.3, 0.4) is 0 Å². The fraction of sp³-hybridized carbons (Fsp3) is 0.711. The van der Waals surface area contributed by atoms with Crippen molar-refractivity contribution >= 4 is 130 Å². The van der Waals surface area contributed by atoms with Gasteiger partial charge < -0.3 is 125 Å². The van der Waals surface area contributed by atoms with Gasteiger partial charge in [-0.2, -0.15) is 12.3 Å². The third-order valence-corrected chi connectivity index (χ3v) is 42.7. The molecule has 798 valence electrons. The van der Waals surface area contributed by atoms with E-state index in [-0.39, 0.29) is 258 Å². The molecule has 3 nitrogen and oxygen atoms in total. The molecule has 0 aliphatic heterocycles. The SMILES string of the molecule is BrC1CCCC1.BrC1CCCC1.BrC1CCCC1.BrC1CCCC1.BrC1CCCC1.C1CCCC1.C1CCCC1.C1CCCC1.C[C@H](C1CCCC1P(c1ccccc1)C1CCCC1)N(C)C.C[C@H](C1CCCC1P(c1ccccc1)C1CCCC1)N(C)C.C[C@H](C1[CH-]CCC1)N(C)C.ClP(c1ccccc1)C1CCCC1.[CH3-].[CH3-].[CH3-].[CH3-].[CH3-].[CH3-].[CH3-].[CH3-].[CH3-].[CH3-].[CH3-].[CH3-].[CH3-].[CH3-].[Fe+2].[Fe+2].[Fe+2].[Fe+2].[Fe+2].[Fe+2].[Fe+2].[Li+]. The van der Waals surface area contributed by atoms with E-state index in [1.54, 1.807) is 10.6 Å². The van der Waals surface area contributed by atoms with Crippen LogP contribution in [0.15, 0.2) is 91.0 Å². The Morgan fingerprint density at radius 1 is 0.254 bits per heavy atom. The van der Waals surface area contributed by atoms with Gasteiger partial charge in [-0.25, -0.2) is 0 Å². The van der Waals surface area contributed by atoms with Crippen LogP contribution in [0.4, 0.5) is 0 Å². The van der Waals surface area contributed by atoms with Gasteiger partial charge in [-0.1, -0.05) is 429 Å². The molecule has 0 heterocycles. The Balaban J connectivity index is -0.0000000761. The average molecular weight is 2550 g/mol. The summed E-state index contributed by atoms with van der Waals surface area (Å²) in [5, 5.41) is 4.73. The second-order valence-electron chi connectivity index (χ2n) is 36.9. The zero-order valence-corrected chi connectivity index (χ0v) is 110. The summed E-state index contributed by atoms with van der Waals surface area (Å²) >= 11 is 24.2. The second-order valence-corrected chi connectivity index (χ2v) is 51.8. The van der Waals surface area contributed by atoms with Gasteiger partial charge in [0.15, 0.2) is 0 Å². The van der Waals surface area contributed by atoms with Crippen LogP contribution < -0.4 is 34.8 Å². The molecule has 14 fully saturated rings. The van der Waals surface area contributed by atoms with Crippen molar-refractivity contribution in [1.82, 2.24) is 14.7 Å². The van der Waals surface area contributed by atoms with E-state index in [9.17, 15) is 0 Å². The van der Waals surface area contributed by atoms with Gasteiger partial charge in [0.25, 0.3) is 0 Å². The third kappa shape index (κ3) is 76.3. The monoisotopic (exact) mass is 2550 g/mol. The first-order chi connectivity index (χ1) is 54.4. The van der Waals surface area contributed by atoms with Gasteiger partial charge in [-0.3, -0.25) is 0 Å². The summed E-state index contributed by atoms with van der Waals surface area (Å²) in [7, 11) is 13.0. The Morgan fingerprint density at radius 2 is 0.455 bits per heavy atom. The van der Waals surface area contributed by atoms with Crippen molar-refractivity contribution in [1.29, 1.82) is 0 Å². The molecule has 8 unspecified atom stereocenters. The Morgan fingerprint density at radius 3 is 0.642 bits per heavy atom. The van der Waals surface area contributed by atoms with Crippen molar-refractivity contribution in [3.05, 3.63) is 201 Å². The van der Waals surface area contributed by atoms with Crippen LogP contribution in [0.5, 0.6) is 0 Å². The molecule has 14 aliphatic rings. The molecule has 17 rings (SSSR count). The largest absolute Gasteiger partial charge is 2.00 e. The molecular formula is C114H213Br5ClFe7LiN3P3. The topological polar surface area (TPSA) is 9.72 Å². The minimum atomic E-state index is -0.405. The van der Waals surface area contributed by atoms with Gasteiger partial charge >= 0.3 is 138 Å². The van der Waals surface area contributed by atoms with Gasteiger partial charge in [0.05, 0.1) is 0 Å². The first-order valence-corrected chi connectivity index (χ1v) is 57.5. The van der Waals surface area contributed by atoms with E-state index in [0.29, 0.717) is 0 Å². The maximum atomic E-state index is 6.48. The summed E-state index contributed by atoms with van der Waals surface area (Å²) < 4.78 is 0. The van der Waals surface area contributed by atoms with Gasteiger partial charge in [0.1, 0.15) is 0 Å². The molecule has 14 saturated carbocycles. The molecule has 0 saturated heterocycles. The first kappa shape index (κ1) is 179. The quantitative estimate of drug-likeness (QED) is 0.0689. The molecule has 0 amide bonds. The summed E-state index contributed by atoms with van der Waals surface area (Å²) in [5.41, 5.74) is 4.68. The maximum Gasteiger partial charge on any atom is 2.00 e. The predicted octanol–water partition coefficient (Wildman–Crippen LogP) is 36.3. The van der Waals surface area contributed by atoms with Crippen LogP contribution >= 0.6 is 114 Å². The molecule has 0 spiro atoms. The molecule has 0 N–H and O–H groups in total. The van der Waals surface area contributed by atoms with Crippen molar-refractivity contribution in [2.45, 2.75) is 451 Å². The molecule has 20 heteroatoms. The molecule has 134 heavy (non-hydrogen) atoms. The summed E-state index contributed by atoms with van der Waals surface area (Å²) in [6.45, 7) is 7.22. The zero-order valence-electron chi connectivity index (χ0n) is 91.0. The molecule has 11 atom stereocenters. The van der Waals surface area contributed by atoms with Gasteiger partial charge in [-0.05, 0) is 247 Å². The molecule has 3 aromatic carbocycles. The van der Waals surface area contributed by atoms with E-state index in [0.717, 1.165) is 88.3 Å². The van der Waals surface area contributed by atoms with Crippen molar-refractivity contribution in [2.24, 2.45) is 17.8 Å². The molecular weight excluding hydrogens is 2340 g/mol. The van der Waals surface area contributed by atoms with Crippen LogP contribution in [0.1, 0.15) is 380 Å². The zero-order chi connectivity index (χ0) is 80.3. The van der Waals surface area contributed by atoms with E-state index in [4.69, 9.17) is 11.2 Å². The number of rotatable bonds is 14. The van der Waals surface area contributed by atoms with Gasteiger partial charge in [-0.15, -0.1) is 0 Å². The fourth-order valence-corrected chi connectivity index (χ4v) is 34.0. The number of benzene rings is 3. The Kier molecular flexibility index (Phi) is 150. The number of alkyl halides is 5. The van der Waals surface area contributed by atoms with Crippen LogP contribution in [-0.2, 0) is 119 Å². The van der Waals surface area contributed by atoms with E-state index in [2.05, 4.69) is 255 Å². The van der Waals surface area contributed by atoms with Crippen LogP contribution in [0, 0.1) is 128 Å². The summed E-state index contributed by atoms with van der Waals surface area (Å²) in [4.78, 5) is 11.5. The van der Waals surface area contributed by atoms with Crippen molar-refractivity contribution < 1.29 is 138 Å². The Bertz CT molecular complexity index is 2440. The van der Waals surface area contributed by atoms with Crippen LogP contribution in [-0.4, -0.2) is 128 Å². The molecule has 0 bridgehead atoms. The smallest absolute Gasteiger partial charge is 0.358 e. The van der Waals surface area contributed by atoms with E-state index >= 15 is 0 Å². The van der Waals surface area contributed by atoms with Crippen molar-refractivity contribution in [3.8, 4) is 0 Å². The fourth-order valence-electron chi connectivity index (χ4n) is 20.0. The van der Waals surface area contributed by atoms with E-state index in [1.807, 2.05) is 0 Å². The predicted molar refractivity (Wildman–Crippen MR) is 620 cm³/mol. The Labute approximate surface area is 983 Å². The first-order valence-electron chi connectivity index (χ1n) is 47.6. The molecule has 14 aliphatic carbocycles. The third-order valence-electron chi connectivity index (χ3n) is 27.7. The Hall–Kier alpha value is 5.75. The van der Waals surface area contributed by atoms with Crippen LogP contribution in [0.2, 0.25) is 0 Å². The van der Waals surface area contributed by atoms with Gasteiger partial charge in [0, 0.05) is 43.5 Å². The average Bonchev–Trinajstić information content (AvgIpc) is 1.65. The standard InChI is InChI=1S/2C20H32NP.C11H14ClP.C9H18N.5C5H9Br.3C5H10.14CH3.7Fe.Li/c2*1-16(21(2)3)19-14-9-15-20(19)22(18-12-7-8-13-18)17-10-5-4-6-11-17;12-13(11-8-4-5-9-11)10-6-2-1-3-7-10;1-8(10(2)3)9-6-4-5-7-9;5*6-5-3-1-2-4-5;3*1-2-4-5-3-1;;;;;;;;;;;;;;;;;;;;;;/h2*4-6,10-11,16,18-20H,7-9,12-15H2,1-3H3;1-3,6-7,11H,4-5,8-9H2;6,8-9H,4-5,7H2,1-3H3;5*5H,1-4H2;3*1-5H2;14*1H3;;;;;;;;/q;;;-1;;;;;;;;;14*-1;7*+2;+1/t2*16-,19?,20?,22?;;8-,9?;;;;;;;;;;;;;;;;;;;;;;;;;;;;;;/m11.1............................../s1. The number of hydrogen-bond donors (Lipinski definition) is 0. The minimum absolute atomic E-state index is 0. The molecule has 0 aromatic heterocycles. The van der Waals surface area contributed by atoms with Crippen LogP contribution in [0.25, 0.3) is 0 Å². The summed E-state index contributed by atoms with van der Waals surface area (Å²) in [6, 6.07) is 35.9. The number of halogens is 6. The molecule has 3 aromatic rings. The van der Waals surface area contributed by atoms with E-state index in [1.165, 1.54) is 365 Å². The normalized spacial score (nSPS) is 22.1. The minimum Gasteiger partial charge on any atom is -0.358 e. The maximum absolute atomic E-state index is 6.48. The van der Waals surface area contributed by atoms with Gasteiger partial charge in [0.2, 0.25) is 0 Å². The summed E-state index contributed by atoms with van der Waals surface area (Å²) in [6.07, 6.45) is 83.5. The molecule has 0 radical (unpaired) electrons. The summed E-state index contributed by atoms with van der Waals surface area (Å²) in [5.74, 6) is 2.67. The number of nitrogens with zero attached hydrogens (tertiary/aromatic N) is 3. The van der Waals surface area contributed by atoms with Crippen molar-refractivity contribution in [3.63, 3.8) is 0 Å².